The summed E-state index contributed by atoms with van der Waals surface area (Å²) in [4.78, 5) is 0. The summed E-state index contributed by atoms with van der Waals surface area (Å²) < 4.78 is 0. The maximum Gasteiger partial charge on any atom is 0.0223 e. The molecular weight excluding hydrogens is 208 g/mol. The lowest BCUT2D eigenvalue weighted by molar-refractivity contribution is 0.410. The molecule has 0 saturated heterocycles. The van der Waals surface area contributed by atoms with E-state index in [0.717, 1.165) is 13.1 Å². The van der Waals surface area contributed by atoms with Crippen molar-refractivity contribution in [3.05, 3.63) is 35.4 Å². The van der Waals surface area contributed by atoms with Crippen LogP contribution >= 0.6 is 0 Å². The lowest BCUT2D eigenvalue weighted by atomic mass is 9.82. The highest BCUT2D eigenvalue weighted by atomic mass is 14.9. The van der Waals surface area contributed by atoms with Gasteiger partial charge in [0.1, 0.15) is 0 Å². The summed E-state index contributed by atoms with van der Waals surface area (Å²) >= 11 is 0. The number of aryl methyl sites for hydroxylation is 1. The van der Waals surface area contributed by atoms with Crippen LogP contribution in [0.3, 0.4) is 0 Å². The van der Waals surface area contributed by atoms with Gasteiger partial charge in [-0.3, -0.25) is 0 Å². The van der Waals surface area contributed by atoms with Crippen molar-refractivity contribution in [2.24, 2.45) is 5.73 Å². The van der Waals surface area contributed by atoms with Gasteiger partial charge in [0.25, 0.3) is 0 Å². The first-order valence-electron chi connectivity index (χ1n) is 6.28. The Morgan fingerprint density at radius 3 is 2.18 bits per heavy atom. The van der Waals surface area contributed by atoms with Crippen molar-refractivity contribution in [2.75, 3.05) is 13.1 Å². The molecular formula is C15H26N2. The average molecular weight is 234 g/mol. The minimum absolute atomic E-state index is 0.136. The second kappa shape index (κ2) is 5.19. The highest BCUT2D eigenvalue weighted by Crippen LogP contribution is 2.25. The van der Waals surface area contributed by atoms with Crippen molar-refractivity contribution < 1.29 is 0 Å². The lowest BCUT2D eigenvalue weighted by Crippen LogP contribution is -2.46. The molecule has 0 amide bonds. The third-order valence-corrected chi connectivity index (χ3v) is 3.02. The van der Waals surface area contributed by atoms with Gasteiger partial charge in [-0.1, -0.05) is 38.1 Å². The first kappa shape index (κ1) is 14.2. The molecule has 0 aliphatic carbocycles. The molecule has 1 aromatic carbocycles. The van der Waals surface area contributed by atoms with Crippen LogP contribution in [0.15, 0.2) is 24.3 Å². The highest BCUT2D eigenvalue weighted by molar-refractivity contribution is 5.32. The molecule has 17 heavy (non-hydrogen) atoms. The summed E-state index contributed by atoms with van der Waals surface area (Å²) in [7, 11) is 0. The van der Waals surface area contributed by atoms with Crippen molar-refractivity contribution in [2.45, 2.75) is 45.6 Å². The molecule has 0 heterocycles. The van der Waals surface area contributed by atoms with Crippen LogP contribution in [-0.2, 0) is 5.41 Å². The van der Waals surface area contributed by atoms with E-state index in [0.29, 0.717) is 0 Å². The molecule has 0 saturated carbocycles. The first-order chi connectivity index (χ1) is 7.72. The van der Waals surface area contributed by atoms with Crippen LogP contribution in [0.4, 0.5) is 0 Å². The molecule has 0 aliphatic heterocycles. The largest absolute Gasteiger partial charge is 0.324 e. The van der Waals surface area contributed by atoms with Crippen molar-refractivity contribution >= 4 is 0 Å². The van der Waals surface area contributed by atoms with Crippen LogP contribution in [0.1, 0.15) is 38.8 Å². The number of benzene rings is 1. The van der Waals surface area contributed by atoms with Crippen LogP contribution in [-0.4, -0.2) is 18.6 Å². The number of rotatable bonds is 5. The zero-order valence-electron chi connectivity index (χ0n) is 11.8. The third kappa shape index (κ3) is 4.49. The van der Waals surface area contributed by atoms with E-state index in [1.165, 1.54) is 11.1 Å². The first-order valence-corrected chi connectivity index (χ1v) is 6.28. The van der Waals surface area contributed by atoms with Gasteiger partial charge in [0.05, 0.1) is 0 Å². The Morgan fingerprint density at radius 2 is 1.65 bits per heavy atom. The quantitative estimate of drug-likeness (QED) is 0.822. The Kier molecular flexibility index (Phi) is 4.34. The molecule has 2 heteroatoms. The zero-order valence-corrected chi connectivity index (χ0v) is 11.8. The van der Waals surface area contributed by atoms with Gasteiger partial charge in [-0.2, -0.15) is 0 Å². The highest BCUT2D eigenvalue weighted by Gasteiger charge is 2.22. The minimum atomic E-state index is -0.151. The van der Waals surface area contributed by atoms with Gasteiger partial charge in [0.15, 0.2) is 0 Å². The van der Waals surface area contributed by atoms with E-state index in [9.17, 15) is 0 Å². The molecule has 0 bridgehead atoms. The monoisotopic (exact) mass is 234 g/mol. The molecule has 0 spiro atoms. The van der Waals surface area contributed by atoms with Gasteiger partial charge in [-0.15, -0.1) is 0 Å². The van der Waals surface area contributed by atoms with Crippen LogP contribution in [0.25, 0.3) is 0 Å². The van der Waals surface area contributed by atoms with Crippen LogP contribution in [0.2, 0.25) is 0 Å². The molecule has 1 aromatic rings. The number of nitrogens with two attached hydrogens (primary N) is 1. The maximum atomic E-state index is 5.97. The smallest absolute Gasteiger partial charge is 0.0223 e. The van der Waals surface area contributed by atoms with E-state index in [4.69, 9.17) is 5.73 Å². The molecule has 0 fully saturated rings. The van der Waals surface area contributed by atoms with Crippen molar-refractivity contribution in [3.63, 3.8) is 0 Å². The predicted molar refractivity (Wildman–Crippen MR) is 75.3 cm³/mol. The maximum absolute atomic E-state index is 5.97. The van der Waals surface area contributed by atoms with E-state index >= 15 is 0 Å². The molecule has 2 nitrogen and oxygen atoms in total. The third-order valence-electron chi connectivity index (χ3n) is 3.02. The summed E-state index contributed by atoms with van der Waals surface area (Å²) in [5.74, 6) is 0. The molecule has 0 atom stereocenters. The molecule has 3 N–H and O–H groups in total. The predicted octanol–water partition coefficient (Wildman–Crippen LogP) is 2.60. The van der Waals surface area contributed by atoms with E-state index < -0.39 is 0 Å². The fourth-order valence-electron chi connectivity index (χ4n) is 2.12. The SMILES string of the molecule is Cc1ccccc1C(C)(C)CNCC(C)(C)N. The van der Waals surface area contributed by atoms with Gasteiger partial charge in [0, 0.05) is 24.0 Å². The van der Waals surface area contributed by atoms with Crippen LogP contribution in [0, 0.1) is 6.92 Å². The number of hydrogen-bond acceptors (Lipinski definition) is 2. The second-order valence-electron chi connectivity index (χ2n) is 6.29. The van der Waals surface area contributed by atoms with Crippen molar-refractivity contribution in [3.8, 4) is 0 Å². The zero-order chi connectivity index (χ0) is 13.1. The van der Waals surface area contributed by atoms with E-state index in [1.54, 1.807) is 0 Å². The van der Waals surface area contributed by atoms with Gasteiger partial charge in [-0.25, -0.2) is 0 Å². The van der Waals surface area contributed by atoms with Crippen LogP contribution in [0.5, 0.6) is 0 Å². The summed E-state index contributed by atoms with van der Waals surface area (Å²) in [6.45, 7) is 12.6. The Balaban J connectivity index is 2.66. The molecule has 0 radical (unpaired) electrons. The van der Waals surface area contributed by atoms with Gasteiger partial charge < -0.3 is 11.1 Å². The summed E-state index contributed by atoms with van der Waals surface area (Å²) in [5, 5.41) is 3.47. The van der Waals surface area contributed by atoms with E-state index in [1.807, 2.05) is 13.8 Å². The molecule has 0 unspecified atom stereocenters. The standard InChI is InChI=1S/C15H26N2/c1-12-8-6-7-9-13(12)14(2,3)10-17-11-15(4,5)16/h6-9,17H,10-11,16H2,1-5H3. The Morgan fingerprint density at radius 1 is 1.06 bits per heavy atom. The average Bonchev–Trinajstić information content (AvgIpc) is 2.15. The summed E-state index contributed by atoms with van der Waals surface area (Å²) in [6.07, 6.45) is 0. The van der Waals surface area contributed by atoms with Gasteiger partial charge in [0.2, 0.25) is 0 Å². The number of hydrogen-bond donors (Lipinski definition) is 2. The second-order valence-corrected chi connectivity index (χ2v) is 6.29. The minimum Gasteiger partial charge on any atom is -0.324 e. The van der Waals surface area contributed by atoms with Crippen LogP contribution < -0.4 is 11.1 Å². The topological polar surface area (TPSA) is 38.0 Å². The van der Waals surface area contributed by atoms with Crippen molar-refractivity contribution in [1.82, 2.24) is 5.32 Å². The molecule has 1 rings (SSSR count). The molecule has 96 valence electrons. The van der Waals surface area contributed by atoms with Gasteiger partial charge in [-0.05, 0) is 31.9 Å². The van der Waals surface area contributed by atoms with E-state index in [2.05, 4.69) is 50.4 Å². The summed E-state index contributed by atoms with van der Waals surface area (Å²) in [5.41, 5.74) is 8.71. The molecule has 0 aliphatic rings. The fraction of sp³-hybridized carbons (Fsp3) is 0.600. The Hall–Kier alpha value is -0.860. The fourth-order valence-corrected chi connectivity index (χ4v) is 2.12. The number of nitrogens with one attached hydrogen (secondary N) is 1. The van der Waals surface area contributed by atoms with Gasteiger partial charge >= 0.3 is 0 Å². The lowest BCUT2D eigenvalue weighted by Gasteiger charge is -2.29. The summed E-state index contributed by atoms with van der Waals surface area (Å²) in [6, 6.07) is 8.58. The molecule has 0 aromatic heterocycles. The normalized spacial score (nSPS) is 12.8. The van der Waals surface area contributed by atoms with Crippen molar-refractivity contribution in [1.29, 1.82) is 0 Å². The van der Waals surface area contributed by atoms with E-state index in [-0.39, 0.29) is 11.0 Å². The Bertz CT molecular complexity index is 361. The Labute approximate surface area is 106 Å².